The summed E-state index contributed by atoms with van der Waals surface area (Å²) in [5, 5.41) is 0. The predicted molar refractivity (Wildman–Crippen MR) is 102 cm³/mol. The molecular weight excluding hydrogens is 344 g/mol. The van der Waals surface area contributed by atoms with E-state index in [-0.39, 0.29) is 31.0 Å². The van der Waals surface area contributed by atoms with Crippen LogP contribution in [0.1, 0.15) is 13.8 Å². The molecule has 1 aromatic rings. The van der Waals surface area contributed by atoms with Gasteiger partial charge in [-0.1, -0.05) is 18.2 Å². The van der Waals surface area contributed by atoms with Crippen molar-refractivity contribution in [3.63, 3.8) is 0 Å². The van der Waals surface area contributed by atoms with Crippen LogP contribution in [0.2, 0.25) is 0 Å². The van der Waals surface area contributed by atoms with Gasteiger partial charge < -0.3 is 18.9 Å². The van der Waals surface area contributed by atoms with Crippen molar-refractivity contribution in [2.75, 3.05) is 41.9 Å². The van der Waals surface area contributed by atoms with Gasteiger partial charge >= 0.3 is 0 Å². The van der Waals surface area contributed by atoms with Crippen LogP contribution < -0.4 is 4.74 Å². The maximum Gasteiger partial charge on any atom is 0.228 e. The first-order valence-electron chi connectivity index (χ1n) is 8.19. The van der Waals surface area contributed by atoms with Crippen molar-refractivity contribution in [3.05, 3.63) is 30.3 Å². The van der Waals surface area contributed by atoms with Crippen LogP contribution >= 0.6 is 12.4 Å². The van der Waals surface area contributed by atoms with Crippen LogP contribution in [0, 0.1) is 0 Å². The number of benzene rings is 1. The van der Waals surface area contributed by atoms with Gasteiger partial charge in [-0.05, 0) is 54.2 Å². The molecule has 0 aromatic heterocycles. The second kappa shape index (κ2) is 12.5. The molecule has 0 aliphatic rings. The zero-order valence-corrected chi connectivity index (χ0v) is 17.2. The third-order valence-corrected chi connectivity index (χ3v) is 3.86. The molecule has 7 heteroatoms. The minimum Gasteiger partial charge on any atom is -0.462 e. The Balaban J connectivity index is 0.00000576. The average molecular weight is 377 g/mol. The van der Waals surface area contributed by atoms with Gasteiger partial charge in [-0.3, -0.25) is 9.80 Å². The monoisotopic (exact) mass is 376 g/mol. The number of halogens is 1. The zero-order chi connectivity index (χ0) is 18.1. The Labute approximate surface area is 158 Å². The Kier molecular flexibility index (Phi) is 12.0. The van der Waals surface area contributed by atoms with E-state index in [1.807, 2.05) is 82.2 Å². The zero-order valence-electron chi connectivity index (χ0n) is 16.3. The standard InChI is InChI=1S/C18H32N2O4.ClH/c1-14(19(3)4)22-13-17(23-15(2)20(5)6)18(21-7)24-16-11-9-8-10-12-16;/h8-12,14-15,17-18H,13H2,1-7H3;1H. The summed E-state index contributed by atoms with van der Waals surface area (Å²) in [5.41, 5.74) is 0. The Morgan fingerprint density at radius 2 is 1.48 bits per heavy atom. The minimum absolute atomic E-state index is 0. The van der Waals surface area contributed by atoms with E-state index in [4.69, 9.17) is 18.9 Å². The SMILES string of the molecule is COC(Oc1ccccc1)C(COC(C)N(C)C)OC(C)N(C)C.Cl. The molecule has 0 fully saturated rings. The van der Waals surface area contributed by atoms with Crippen LogP contribution in [0.5, 0.6) is 5.75 Å². The molecule has 0 saturated carbocycles. The maximum absolute atomic E-state index is 6.10. The lowest BCUT2D eigenvalue weighted by Gasteiger charge is -2.32. The summed E-state index contributed by atoms with van der Waals surface area (Å²) >= 11 is 0. The first kappa shape index (κ1) is 24.1. The summed E-state index contributed by atoms with van der Waals surface area (Å²) in [7, 11) is 9.48. The molecule has 1 aromatic carbocycles. The van der Waals surface area contributed by atoms with Crippen molar-refractivity contribution in [2.24, 2.45) is 0 Å². The van der Waals surface area contributed by atoms with E-state index in [1.54, 1.807) is 7.11 Å². The smallest absolute Gasteiger partial charge is 0.228 e. The van der Waals surface area contributed by atoms with Crippen molar-refractivity contribution >= 4 is 12.4 Å². The topological polar surface area (TPSA) is 43.4 Å². The molecule has 6 nitrogen and oxygen atoms in total. The summed E-state index contributed by atoms with van der Waals surface area (Å²) in [6.45, 7) is 4.34. The van der Waals surface area contributed by atoms with Gasteiger partial charge in [-0.2, -0.15) is 0 Å². The van der Waals surface area contributed by atoms with Crippen LogP contribution in [0.25, 0.3) is 0 Å². The lowest BCUT2D eigenvalue weighted by atomic mass is 10.3. The third-order valence-electron chi connectivity index (χ3n) is 3.86. The van der Waals surface area contributed by atoms with Gasteiger partial charge in [0.25, 0.3) is 0 Å². The van der Waals surface area contributed by atoms with Gasteiger partial charge in [0, 0.05) is 7.11 Å². The van der Waals surface area contributed by atoms with Crippen molar-refractivity contribution in [3.8, 4) is 5.75 Å². The summed E-state index contributed by atoms with van der Waals surface area (Å²) in [4.78, 5) is 3.98. The van der Waals surface area contributed by atoms with Gasteiger partial charge in [0.1, 0.15) is 24.3 Å². The Hall–Kier alpha value is -0.890. The molecule has 0 radical (unpaired) electrons. The largest absolute Gasteiger partial charge is 0.462 e. The summed E-state index contributed by atoms with van der Waals surface area (Å²) in [6, 6.07) is 9.57. The first-order chi connectivity index (χ1) is 11.3. The van der Waals surface area contributed by atoms with Crippen LogP contribution in [0.15, 0.2) is 30.3 Å². The summed E-state index contributed by atoms with van der Waals surface area (Å²) in [5.74, 6) is 0.733. The second-order valence-corrected chi connectivity index (χ2v) is 6.17. The predicted octanol–water partition coefficient (Wildman–Crippen LogP) is 2.68. The van der Waals surface area contributed by atoms with E-state index in [0.29, 0.717) is 6.61 Å². The minimum atomic E-state index is -0.566. The lowest BCUT2D eigenvalue weighted by Crippen LogP contribution is -2.45. The van der Waals surface area contributed by atoms with Crippen molar-refractivity contribution in [1.29, 1.82) is 0 Å². The highest BCUT2D eigenvalue weighted by atomic mass is 35.5. The van der Waals surface area contributed by atoms with Crippen molar-refractivity contribution in [2.45, 2.75) is 38.7 Å². The van der Waals surface area contributed by atoms with E-state index in [1.165, 1.54) is 0 Å². The quantitative estimate of drug-likeness (QED) is 0.553. The fraction of sp³-hybridized carbons (Fsp3) is 0.667. The molecule has 4 unspecified atom stereocenters. The highest BCUT2D eigenvalue weighted by Gasteiger charge is 2.28. The second-order valence-electron chi connectivity index (χ2n) is 6.17. The Morgan fingerprint density at radius 1 is 0.920 bits per heavy atom. The molecule has 0 aliphatic heterocycles. The molecule has 4 atom stereocenters. The van der Waals surface area contributed by atoms with Gasteiger partial charge in [-0.25, -0.2) is 0 Å². The van der Waals surface area contributed by atoms with Crippen LogP contribution in [0.4, 0.5) is 0 Å². The average Bonchev–Trinajstić information content (AvgIpc) is 2.56. The van der Waals surface area contributed by atoms with Gasteiger partial charge in [0.2, 0.25) is 6.29 Å². The summed E-state index contributed by atoms with van der Waals surface area (Å²) < 4.78 is 23.5. The fourth-order valence-corrected chi connectivity index (χ4v) is 1.85. The first-order valence-corrected chi connectivity index (χ1v) is 8.19. The fourth-order valence-electron chi connectivity index (χ4n) is 1.85. The number of methoxy groups -OCH3 is 1. The highest BCUT2D eigenvalue weighted by molar-refractivity contribution is 5.85. The van der Waals surface area contributed by atoms with Crippen molar-refractivity contribution < 1.29 is 18.9 Å². The molecule has 146 valence electrons. The van der Waals surface area contributed by atoms with Crippen LogP contribution in [-0.4, -0.2) is 76.6 Å². The molecule has 0 amide bonds. The molecule has 1 rings (SSSR count). The van der Waals surface area contributed by atoms with Gasteiger partial charge in [0.05, 0.1) is 6.61 Å². The number of hydrogen-bond acceptors (Lipinski definition) is 6. The Bertz CT molecular complexity index is 448. The van der Waals surface area contributed by atoms with E-state index in [0.717, 1.165) is 5.75 Å². The molecular formula is C18H33ClN2O4. The molecule has 0 heterocycles. The van der Waals surface area contributed by atoms with Crippen molar-refractivity contribution in [1.82, 2.24) is 9.80 Å². The highest BCUT2D eigenvalue weighted by Crippen LogP contribution is 2.17. The third kappa shape index (κ3) is 8.85. The van der Waals surface area contributed by atoms with E-state index in [9.17, 15) is 0 Å². The van der Waals surface area contributed by atoms with E-state index < -0.39 is 6.29 Å². The van der Waals surface area contributed by atoms with E-state index >= 15 is 0 Å². The van der Waals surface area contributed by atoms with E-state index in [2.05, 4.69) is 0 Å². The van der Waals surface area contributed by atoms with Gasteiger partial charge in [-0.15, -0.1) is 12.4 Å². The number of nitrogens with zero attached hydrogens (tertiary/aromatic N) is 2. The summed E-state index contributed by atoms with van der Waals surface area (Å²) in [6.07, 6.45) is -1.05. The number of para-hydroxylation sites is 1. The molecule has 25 heavy (non-hydrogen) atoms. The van der Waals surface area contributed by atoms with Crippen LogP contribution in [0.3, 0.4) is 0 Å². The lowest BCUT2D eigenvalue weighted by molar-refractivity contribution is -0.208. The Morgan fingerprint density at radius 3 is 1.96 bits per heavy atom. The number of ether oxygens (including phenoxy) is 4. The molecule has 0 spiro atoms. The molecule has 0 bridgehead atoms. The maximum atomic E-state index is 6.10. The van der Waals surface area contributed by atoms with Gasteiger partial charge in [0.15, 0.2) is 0 Å². The molecule has 0 aliphatic carbocycles. The number of hydrogen-bond donors (Lipinski definition) is 0. The molecule has 0 saturated heterocycles. The van der Waals surface area contributed by atoms with Crippen LogP contribution in [-0.2, 0) is 14.2 Å². The number of rotatable bonds is 11. The normalized spacial score (nSPS) is 16.2. The molecule has 0 N–H and O–H groups in total.